The second kappa shape index (κ2) is 8.36. The lowest BCUT2D eigenvalue weighted by Gasteiger charge is -2.30. The van der Waals surface area contributed by atoms with E-state index in [0.717, 1.165) is 11.8 Å². The van der Waals surface area contributed by atoms with Crippen LogP contribution in [0.15, 0.2) is 54.6 Å². The van der Waals surface area contributed by atoms with Crippen LogP contribution in [-0.4, -0.2) is 26.6 Å². The topological polar surface area (TPSA) is 66.5 Å². The van der Waals surface area contributed by atoms with Gasteiger partial charge in [0.25, 0.3) is 0 Å². The molecule has 5 nitrogen and oxygen atoms in total. The van der Waals surface area contributed by atoms with Gasteiger partial charge in [-0.3, -0.25) is 9.10 Å². The van der Waals surface area contributed by atoms with Gasteiger partial charge >= 0.3 is 0 Å². The highest BCUT2D eigenvalue weighted by Gasteiger charge is 2.31. The highest BCUT2D eigenvalue weighted by Crippen LogP contribution is 2.22. The maximum Gasteiger partial charge on any atom is 0.244 e. The molecule has 0 heterocycles. The van der Waals surface area contributed by atoms with Crippen LogP contribution in [0.3, 0.4) is 0 Å². The molecule has 7 heteroatoms. The third-order valence-electron chi connectivity index (χ3n) is 3.72. The van der Waals surface area contributed by atoms with E-state index in [-0.39, 0.29) is 5.91 Å². The van der Waals surface area contributed by atoms with Gasteiger partial charge in [-0.05, 0) is 36.2 Å². The zero-order valence-corrected chi connectivity index (χ0v) is 15.7. The minimum atomic E-state index is -3.61. The second-order valence-electron chi connectivity index (χ2n) is 5.66. The molecular weight excluding hydrogens is 360 g/mol. The van der Waals surface area contributed by atoms with E-state index in [2.05, 4.69) is 5.32 Å². The van der Waals surface area contributed by atoms with Crippen molar-refractivity contribution in [2.45, 2.75) is 25.9 Å². The number of rotatable bonds is 7. The molecule has 2 aromatic rings. The highest BCUT2D eigenvalue weighted by molar-refractivity contribution is 7.92. The van der Waals surface area contributed by atoms with Gasteiger partial charge in [0.05, 0.1) is 11.9 Å². The molecule has 0 aliphatic rings. The summed E-state index contributed by atoms with van der Waals surface area (Å²) in [5, 5.41) is 3.42. The van der Waals surface area contributed by atoms with E-state index in [4.69, 9.17) is 11.6 Å². The van der Waals surface area contributed by atoms with Crippen molar-refractivity contribution in [2.75, 3.05) is 10.6 Å². The Balaban J connectivity index is 2.19. The number of nitrogens with zero attached hydrogens (tertiary/aromatic N) is 1. The first-order chi connectivity index (χ1) is 11.8. The number of halogens is 1. The summed E-state index contributed by atoms with van der Waals surface area (Å²) in [5.41, 5.74) is 1.36. The maximum absolute atomic E-state index is 12.6. The average molecular weight is 381 g/mol. The molecule has 1 amide bonds. The third kappa shape index (κ3) is 5.21. The van der Waals surface area contributed by atoms with Crippen molar-refractivity contribution in [3.05, 3.63) is 65.2 Å². The van der Waals surface area contributed by atoms with E-state index in [9.17, 15) is 13.2 Å². The number of anilines is 1. The Bertz CT molecular complexity index is 808. The molecule has 0 saturated carbocycles. The molecule has 0 unspecified atom stereocenters. The van der Waals surface area contributed by atoms with Gasteiger partial charge in [0, 0.05) is 11.6 Å². The molecular formula is C18H21ClN2O3S. The van der Waals surface area contributed by atoms with Crippen LogP contribution in [-0.2, 0) is 21.4 Å². The molecule has 0 radical (unpaired) electrons. The molecule has 1 atom stereocenters. The van der Waals surface area contributed by atoms with Crippen molar-refractivity contribution in [3.8, 4) is 0 Å². The summed E-state index contributed by atoms with van der Waals surface area (Å²) in [7, 11) is -3.61. The quantitative estimate of drug-likeness (QED) is 0.802. The predicted octanol–water partition coefficient (Wildman–Crippen LogP) is 3.20. The third-order valence-corrected chi connectivity index (χ3v) is 5.15. The molecule has 1 N–H and O–H groups in total. The number of para-hydroxylation sites is 1. The number of hydrogen-bond acceptors (Lipinski definition) is 3. The zero-order chi connectivity index (χ0) is 18.4. The smallest absolute Gasteiger partial charge is 0.244 e. The second-order valence-corrected chi connectivity index (χ2v) is 7.96. The van der Waals surface area contributed by atoms with E-state index in [1.165, 1.54) is 4.31 Å². The summed E-state index contributed by atoms with van der Waals surface area (Å²) in [6.45, 7) is 2.09. The minimum absolute atomic E-state index is 0.304. The molecule has 0 saturated heterocycles. The molecule has 25 heavy (non-hydrogen) atoms. The first kappa shape index (κ1) is 19.3. The van der Waals surface area contributed by atoms with Gasteiger partial charge in [0.15, 0.2) is 0 Å². The van der Waals surface area contributed by atoms with Crippen molar-refractivity contribution in [1.29, 1.82) is 0 Å². The molecule has 0 fully saturated rings. The van der Waals surface area contributed by atoms with Crippen LogP contribution in [0.5, 0.6) is 0 Å². The number of carbonyl (C=O) groups is 1. The molecule has 0 aromatic heterocycles. The number of sulfonamides is 1. The van der Waals surface area contributed by atoms with Crippen molar-refractivity contribution in [3.63, 3.8) is 0 Å². The van der Waals surface area contributed by atoms with E-state index < -0.39 is 16.1 Å². The summed E-state index contributed by atoms with van der Waals surface area (Å²) < 4.78 is 25.7. The Hall–Kier alpha value is -2.05. The summed E-state index contributed by atoms with van der Waals surface area (Å²) in [6, 6.07) is 14.9. The largest absolute Gasteiger partial charge is 0.350 e. The lowest BCUT2D eigenvalue weighted by molar-refractivity contribution is -0.122. The average Bonchev–Trinajstić information content (AvgIpc) is 2.58. The van der Waals surface area contributed by atoms with Crippen molar-refractivity contribution >= 4 is 33.2 Å². The van der Waals surface area contributed by atoms with Crippen LogP contribution in [0.1, 0.15) is 18.9 Å². The van der Waals surface area contributed by atoms with Crippen LogP contribution in [0, 0.1) is 0 Å². The van der Waals surface area contributed by atoms with E-state index in [1.54, 1.807) is 49.4 Å². The van der Waals surface area contributed by atoms with Gasteiger partial charge in [0.1, 0.15) is 6.04 Å². The van der Waals surface area contributed by atoms with Crippen molar-refractivity contribution in [2.24, 2.45) is 0 Å². The van der Waals surface area contributed by atoms with E-state index in [1.807, 2.05) is 12.1 Å². The lowest BCUT2D eigenvalue weighted by Crippen LogP contribution is -2.49. The normalized spacial score (nSPS) is 12.4. The Morgan fingerprint density at radius 3 is 2.24 bits per heavy atom. The molecule has 2 aromatic carbocycles. The Morgan fingerprint density at radius 1 is 1.12 bits per heavy atom. The molecule has 0 aliphatic carbocycles. The molecule has 0 spiro atoms. The SMILES string of the molecule is CC[C@@H](C(=O)NCc1ccc(Cl)cc1)N(c1ccccc1)S(C)(=O)=O. The van der Waals surface area contributed by atoms with Crippen molar-refractivity contribution in [1.82, 2.24) is 5.32 Å². The number of carbonyl (C=O) groups excluding carboxylic acids is 1. The van der Waals surface area contributed by atoms with Crippen LogP contribution in [0.2, 0.25) is 5.02 Å². The van der Waals surface area contributed by atoms with Crippen LogP contribution in [0.4, 0.5) is 5.69 Å². The van der Waals surface area contributed by atoms with Gasteiger partial charge in [-0.1, -0.05) is 48.9 Å². The number of benzene rings is 2. The van der Waals surface area contributed by atoms with E-state index in [0.29, 0.717) is 23.7 Å². The van der Waals surface area contributed by atoms with Crippen LogP contribution in [0.25, 0.3) is 0 Å². The molecule has 2 rings (SSSR count). The molecule has 0 aliphatic heterocycles. The fourth-order valence-electron chi connectivity index (χ4n) is 2.54. The summed E-state index contributed by atoms with van der Waals surface area (Å²) in [5.74, 6) is -0.341. The number of hydrogen-bond donors (Lipinski definition) is 1. The van der Waals surface area contributed by atoms with Gasteiger partial charge in [0.2, 0.25) is 15.9 Å². The fraction of sp³-hybridized carbons (Fsp3) is 0.278. The van der Waals surface area contributed by atoms with E-state index >= 15 is 0 Å². The lowest BCUT2D eigenvalue weighted by atomic mass is 10.1. The molecule has 0 bridgehead atoms. The van der Waals surface area contributed by atoms with Crippen LogP contribution >= 0.6 is 11.6 Å². The monoisotopic (exact) mass is 380 g/mol. The first-order valence-corrected chi connectivity index (χ1v) is 10.1. The minimum Gasteiger partial charge on any atom is -0.350 e. The Morgan fingerprint density at radius 2 is 1.72 bits per heavy atom. The fourth-order valence-corrected chi connectivity index (χ4v) is 3.88. The molecule has 134 valence electrons. The van der Waals surface area contributed by atoms with Gasteiger partial charge in [-0.25, -0.2) is 8.42 Å². The number of amides is 1. The van der Waals surface area contributed by atoms with Crippen LogP contribution < -0.4 is 9.62 Å². The zero-order valence-electron chi connectivity index (χ0n) is 14.1. The number of nitrogens with one attached hydrogen (secondary N) is 1. The summed E-state index contributed by atoms with van der Waals surface area (Å²) in [6.07, 6.45) is 1.46. The highest BCUT2D eigenvalue weighted by atomic mass is 35.5. The van der Waals surface area contributed by atoms with Crippen molar-refractivity contribution < 1.29 is 13.2 Å². The Kier molecular flexibility index (Phi) is 6.45. The van der Waals surface area contributed by atoms with Gasteiger partial charge in [-0.15, -0.1) is 0 Å². The first-order valence-electron chi connectivity index (χ1n) is 7.89. The standard InChI is InChI=1S/C18H21ClN2O3S/c1-3-17(18(22)20-13-14-9-11-15(19)12-10-14)21(25(2,23)24)16-7-5-4-6-8-16/h4-12,17H,3,13H2,1-2H3,(H,20,22)/t17-/m0/s1. The predicted molar refractivity (Wildman–Crippen MR) is 101 cm³/mol. The summed E-state index contributed by atoms with van der Waals surface area (Å²) >= 11 is 5.85. The Labute approximate surface area is 153 Å². The van der Waals surface area contributed by atoms with Gasteiger partial charge in [-0.2, -0.15) is 0 Å². The summed E-state index contributed by atoms with van der Waals surface area (Å²) in [4.78, 5) is 12.6. The maximum atomic E-state index is 12.6. The van der Waals surface area contributed by atoms with Gasteiger partial charge < -0.3 is 5.32 Å².